The summed E-state index contributed by atoms with van der Waals surface area (Å²) in [5.74, 6) is 0.449. The van der Waals surface area contributed by atoms with Crippen molar-refractivity contribution in [2.24, 2.45) is 0 Å². The van der Waals surface area contributed by atoms with E-state index in [1.54, 1.807) is 0 Å². The van der Waals surface area contributed by atoms with Crippen LogP contribution in [0.15, 0.2) is 41.2 Å². The van der Waals surface area contributed by atoms with E-state index in [9.17, 15) is 4.79 Å². The molecular formula is C12H12N2O3. The van der Waals surface area contributed by atoms with Gasteiger partial charge in [0.15, 0.2) is 6.61 Å². The molecule has 0 aliphatic carbocycles. The molecule has 5 heteroatoms. The van der Waals surface area contributed by atoms with Gasteiger partial charge in [-0.1, -0.05) is 23.4 Å². The van der Waals surface area contributed by atoms with Crippen LogP contribution < -0.4 is 10.1 Å². The zero-order chi connectivity index (χ0) is 12.1. The summed E-state index contributed by atoms with van der Waals surface area (Å²) in [7, 11) is 0. The quantitative estimate of drug-likeness (QED) is 0.875. The Morgan fingerprint density at radius 1 is 1.47 bits per heavy atom. The van der Waals surface area contributed by atoms with E-state index in [0.29, 0.717) is 11.4 Å². The zero-order valence-corrected chi connectivity index (χ0v) is 9.34. The molecule has 0 radical (unpaired) electrons. The molecule has 1 heterocycles. The number of rotatable bonds is 4. The van der Waals surface area contributed by atoms with E-state index in [4.69, 9.17) is 4.74 Å². The predicted molar refractivity (Wildman–Crippen MR) is 61.8 cm³/mol. The van der Waals surface area contributed by atoms with E-state index in [0.717, 1.165) is 5.56 Å². The van der Waals surface area contributed by atoms with Crippen LogP contribution in [0.1, 0.15) is 5.56 Å². The number of amides is 1. The van der Waals surface area contributed by atoms with Crippen molar-refractivity contribution in [1.82, 2.24) is 5.16 Å². The molecule has 1 N–H and O–H groups in total. The predicted octanol–water partition coefficient (Wildman–Crippen LogP) is 2.00. The fourth-order valence-corrected chi connectivity index (χ4v) is 1.33. The molecule has 0 fully saturated rings. The van der Waals surface area contributed by atoms with E-state index in [2.05, 4.69) is 15.0 Å². The average Bonchev–Trinajstić information content (AvgIpc) is 2.81. The summed E-state index contributed by atoms with van der Waals surface area (Å²) in [5.41, 5.74) is 1.51. The first-order valence-corrected chi connectivity index (χ1v) is 5.13. The number of carbonyl (C=O) groups is 1. The first-order valence-electron chi connectivity index (χ1n) is 5.13. The largest absolute Gasteiger partial charge is 0.483 e. The molecular weight excluding hydrogens is 220 g/mol. The monoisotopic (exact) mass is 232 g/mol. The highest BCUT2D eigenvalue weighted by molar-refractivity contribution is 5.91. The summed E-state index contributed by atoms with van der Waals surface area (Å²) >= 11 is 0. The zero-order valence-electron chi connectivity index (χ0n) is 9.34. The molecule has 2 aromatic rings. The first-order chi connectivity index (χ1) is 8.25. The number of aryl methyl sites for hydroxylation is 1. The first kappa shape index (κ1) is 11.2. The van der Waals surface area contributed by atoms with Crippen LogP contribution in [0.5, 0.6) is 5.75 Å². The Morgan fingerprint density at radius 3 is 3.00 bits per heavy atom. The van der Waals surface area contributed by atoms with Gasteiger partial charge in [0.2, 0.25) is 0 Å². The molecule has 0 bridgehead atoms. The smallest absolute Gasteiger partial charge is 0.262 e. The molecule has 0 aliphatic heterocycles. The highest BCUT2D eigenvalue weighted by atomic mass is 16.5. The highest BCUT2D eigenvalue weighted by Crippen LogP contribution is 2.15. The summed E-state index contributed by atoms with van der Waals surface area (Å²) in [6.07, 6.45) is 2.78. The van der Waals surface area contributed by atoms with Gasteiger partial charge in [-0.3, -0.25) is 4.79 Å². The van der Waals surface area contributed by atoms with Crippen molar-refractivity contribution in [1.29, 1.82) is 0 Å². The summed E-state index contributed by atoms with van der Waals surface area (Å²) in [4.78, 5) is 11.5. The molecule has 0 spiro atoms. The maximum absolute atomic E-state index is 11.5. The van der Waals surface area contributed by atoms with Gasteiger partial charge >= 0.3 is 0 Å². The highest BCUT2D eigenvalue weighted by Gasteiger charge is 2.05. The minimum Gasteiger partial charge on any atom is -0.483 e. The minimum absolute atomic E-state index is 0.0456. The molecule has 0 aliphatic rings. The Morgan fingerprint density at radius 2 is 2.29 bits per heavy atom. The molecule has 1 amide bonds. The molecule has 0 unspecified atom stereocenters. The van der Waals surface area contributed by atoms with E-state index in [1.807, 2.05) is 31.2 Å². The van der Waals surface area contributed by atoms with Gasteiger partial charge in [0.1, 0.15) is 17.7 Å². The summed E-state index contributed by atoms with van der Waals surface area (Å²) < 4.78 is 9.98. The van der Waals surface area contributed by atoms with Crippen LogP contribution in [-0.4, -0.2) is 17.7 Å². The second-order valence-electron chi connectivity index (χ2n) is 3.52. The van der Waals surface area contributed by atoms with E-state index >= 15 is 0 Å². The van der Waals surface area contributed by atoms with Crippen molar-refractivity contribution in [3.8, 4) is 5.75 Å². The van der Waals surface area contributed by atoms with Gasteiger partial charge in [-0.05, 0) is 18.6 Å². The van der Waals surface area contributed by atoms with E-state index in [-0.39, 0.29) is 12.5 Å². The van der Waals surface area contributed by atoms with Crippen LogP contribution in [-0.2, 0) is 4.79 Å². The fraction of sp³-hybridized carbons (Fsp3) is 0.167. The minimum atomic E-state index is -0.253. The molecule has 0 atom stereocenters. The van der Waals surface area contributed by atoms with Gasteiger partial charge in [0.25, 0.3) is 5.91 Å². The summed E-state index contributed by atoms with van der Waals surface area (Å²) in [6.45, 7) is 1.88. The van der Waals surface area contributed by atoms with E-state index < -0.39 is 0 Å². The second-order valence-corrected chi connectivity index (χ2v) is 3.52. The van der Waals surface area contributed by atoms with Gasteiger partial charge < -0.3 is 14.6 Å². The van der Waals surface area contributed by atoms with Gasteiger partial charge in [-0.25, -0.2) is 0 Å². The molecule has 1 aromatic carbocycles. The Balaban J connectivity index is 1.86. The molecule has 0 saturated carbocycles. The molecule has 5 nitrogen and oxygen atoms in total. The topological polar surface area (TPSA) is 64.4 Å². The number of para-hydroxylation sites is 1. The lowest BCUT2D eigenvalue weighted by molar-refractivity contribution is -0.118. The van der Waals surface area contributed by atoms with Crippen LogP contribution in [0, 0.1) is 6.92 Å². The number of hydrogen-bond acceptors (Lipinski definition) is 4. The van der Waals surface area contributed by atoms with Crippen molar-refractivity contribution in [3.63, 3.8) is 0 Å². The number of carbonyl (C=O) groups excluding carboxylic acids is 1. The lowest BCUT2D eigenvalue weighted by Crippen LogP contribution is -2.20. The Bertz CT molecular complexity index is 494. The number of anilines is 1. The van der Waals surface area contributed by atoms with Gasteiger partial charge in [0.05, 0.1) is 6.20 Å². The van der Waals surface area contributed by atoms with Crippen molar-refractivity contribution in [2.75, 3.05) is 11.9 Å². The number of benzene rings is 1. The van der Waals surface area contributed by atoms with Crippen LogP contribution in [0.4, 0.5) is 5.69 Å². The van der Waals surface area contributed by atoms with Crippen LogP contribution >= 0.6 is 0 Å². The molecule has 2 rings (SSSR count). The molecule has 1 aromatic heterocycles. The SMILES string of the molecule is Cc1ccccc1OCC(=O)Nc1cnoc1. The lowest BCUT2D eigenvalue weighted by atomic mass is 10.2. The third-order valence-electron chi connectivity index (χ3n) is 2.17. The maximum atomic E-state index is 11.5. The van der Waals surface area contributed by atoms with Crippen LogP contribution in [0.2, 0.25) is 0 Å². The number of ether oxygens (including phenoxy) is 1. The average molecular weight is 232 g/mol. The Labute approximate surface area is 98.4 Å². The van der Waals surface area contributed by atoms with Crippen molar-refractivity contribution < 1.29 is 14.1 Å². The van der Waals surface area contributed by atoms with E-state index in [1.165, 1.54) is 12.5 Å². The third-order valence-corrected chi connectivity index (χ3v) is 2.17. The second kappa shape index (κ2) is 5.16. The van der Waals surface area contributed by atoms with Crippen molar-refractivity contribution in [3.05, 3.63) is 42.3 Å². The standard InChI is InChI=1S/C12H12N2O3/c1-9-4-2-3-5-11(9)16-8-12(15)14-10-6-13-17-7-10/h2-7H,8H2,1H3,(H,14,15). The van der Waals surface area contributed by atoms with Gasteiger partial charge in [-0.15, -0.1) is 0 Å². The van der Waals surface area contributed by atoms with Gasteiger partial charge in [-0.2, -0.15) is 0 Å². The maximum Gasteiger partial charge on any atom is 0.262 e. The third kappa shape index (κ3) is 3.07. The number of hydrogen-bond donors (Lipinski definition) is 1. The molecule has 88 valence electrons. The Hall–Kier alpha value is -2.30. The summed E-state index contributed by atoms with van der Waals surface area (Å²) in [6, 6.07) is 7.52. The normalized spacial score (nSPS) is 9.94. The van der Waals surface area contributed by atoms with Crippen LogP contribution in [0.3, 0.4) is 0 Å². The fourth-order valence-electron chi connectivity index (χ4n) is 1.33. The number of nitrogens with zero attached hydrogens (tertiary/aromatic N) is 1. The van der Waals surface area contributed by atoms with Gasteiger partial charge in [0, 0.05) is 0 Å². The van der Waals surface area contributed by atoms with Crippen LogP contribution in [0.25, 0.3) is 0 Å². The molecule has 0 saturated heterocycles. The number of aromatic nitrogens is 1. The lowest BCUT2D eigenvalue weighted by Gasteiger charge is -2.07. The Kier molecular flexibility index (Phi) is 3.40. The summed E-state index contributed by atoms with van der Waals surface area (Å²) in [5, 5.41) is 6.07. The van der Waals surface area contributed by atoms with Crippen molar-refractivity contribution in [2.45, 2.75) is 6.92 Å². The number of nitrogens with one attached hydrogen (secondary N) is 1. The molecule has 17 heavy (non-hydrogen) atoms. The van der Waals surface area contributed by atoms with Crippen molar-refractivity contribution >= 4 is 11.6 Å².